The average molecular weight is 304 g/mol. The fraction of sp³-hybridized carbons (Fsp3) is 0.750. The van der Waals surface area contributed by atoms with Gasteiger partial charge in [0.25, 0.3) is 0 Å². The van der Waals surface area contributed by atoms with Crippen LogP contribution in [0.25, 0.3) is 0 Å². The van der Waals surface area contributed by atoms with Gasteiger partial charge in [0.05, 0.1) is 6.26 Å². The monoisotopic (exact) mass is 304 g/mol. The molecule has 0 atom stereocenters. The Morgan fingerprint density at radius 1 is 0.682 bits per heavy atom. The molecule has 0 saturated heterocycles. The van der Waals surface area contributed by atoms with Crippen LogP contribution in [0.4, 0.5) is 0 Å². The van der Waals surface area contributed by atoms with Crippen LogP contribution in [0.3, 0.4) is 0 Å². The lowest BCUT2D eigenvalue weighted by molar-refractivity contribution is -0.118. The number of hydrogen-bond acceptors (Lipinski definition) is 2. The third-order valence-corrected chi connectivity index (χ3v) is 4.83. The zero-order valence-corrected chi connectivity index (χ0v) is 14.1. The molecule has 1 aliphatic carbocycles. The van der Waals surface area contributed by atoms with E-state index in [-0.39, 0.29) is 0 Å². The molecular weight excluding hydrogens is 272 g/mol. The second kappa shape index (κ2) is 10.6. The predicted octanol–water partition coefficient (Wildman–Crippen LogP) is 6.02. The Hall–Kier alpha value is -1.05. The van der Waals surface area contributed by atoms with Crippen LogP contribution in [-0.4, -0.2) is 5.78 Å². The van der Waals surface area contributed by atoms with Crippen molar-refractivity contribution in [2.45, 2.75) is 96.3 Å². The second-order valence-corrected chi connectivity index (χ2v) is 6.83. The van der Waals surface area contributed by atoms with Crippen molar-refractivity contribution in [1.29, 1.82) is 0 Å². The summed E-state index contributed by atoms with van der Waals surface area (Å²) in [6.45, 7) is 0. The summed E-state index contributed by atoms with van der Waals surface area (Å²) < 4.78 is 5.59. The van der Waals surface area contributed by atoms with E-state index in [1.54, 1.807) is 6.26 Å². The van der Waals surface area contributed by atoms with Crippen molar-refractivity contribution in [3.63, 3.8) is 0 Å². The Balaban J connectivity index is 1.81. The third kappa shape index (κ3) is 6.81. The maximum absolute atomic E-state index is 12.1. The highest BCUT2D eigenvalue weighted by Gasteiger charge is 2.11. The van der Waals surface area contributed by atoms with Gasteiger partial charge in [-0.1, -0.05) is 64.2 Å². The van der Waals surface area contributed by atoms with Gasteiger partial charge in [-0.2, -0.15) is 0 Å². The zero-order valence-electron chi connectivity index (χ0n) is 14.1. The normalized spacial score (nSPS) is 20.8. The quantitative estimate of drug-likeness (QED) is 0.586. The average Bonchev–Trinajstić information content (AvgIpc) is 2.94. The SMILES string of the molecule is O=C1CCCCCCCCCCCCCCc2occc2C1. The Kier molecular flexibility index (Phi) is 8.37. The number of rotatable bonds is 0. The first-order valence-electron chi connectivity index (χ1n) is 9.43. The zero-order chi connectivity index (χ0) is 15.5. The van der Waals surface area contributed by atoms with Crippen LogP contribution in [0.5, 0.6) is 0 Å². The number of furan rings is 1. The van der Waals surface area contributed by atoms with Gasteiger partial charge in [-0.25, -0.2) is 0 Å². The van der Waals surface area contributed by atoms with Gasteiger partial charge < -0.3 is 4.42 Å². The molecule has 0 saturated carbocycles. The predicted molar refractivity (Wildman–Crippen MR) is 91.1 cm³/mol. The lowest BCUT2D eigenvalue weighted by Crippen LogP contribution is -2.04. The number of carbonyl (C=O) groups is 1. The number of ketones is 1. The van der Waals surface area contributed by atoms with E-state index >= 15 is 0 Å². The summed E-state index contributed by atoms with van der Waals surface area (Å²) in [6.07, 6.45) is 19.8. The van der Waals surface area contributed by atoms with Crippen LogP contribution in [0.1, 0.15) is 94.8 Å². The van der Waals surface area contributed by atoms with Crippen molar-refractivity contribution in [3.05, 3.63) is 23.7 Å². The topological polar surface area (TPSA) is 30.2 Å². The van der Waals surface area contributed by atoms with Crippen molar-refractivity contribution >= 4 is 5.78 Å². The Morgan fingerprint density at radius 3 is 1.77 bits per heavy atom. The maximum atomic E-state index is 12.1. The van der Waals surface area contributed by atoms with Crippen LogP contribution in [0.2, 0.25) is 0 Å². The molecule has 1 aromatic rings. The Labute approximate surface area is 135 Å². The number of fused-ring (bicyclic) bond motifs is 1. The molecule has 0 amide bonds. The van der Waals surface area contributed by atoms with Gasteiger partial charge in [0, 0.05) is 24.8 Å². The highest BCUT2D eigenvalue weighted by molar-refractivity contribution is 5.80. The summed E-state index contributed by atoms with van der Waals surface area (Å²) in [7, 11) is 0. The molecule has 0 spiro atoms. The molecular formula is C20H32O2. The number of carbonyl (C=O) groups excluding carboxylic acids is 1. The minimum atomic E-state index is 0.378. The van der Waals surface area contributed by atoms with Gasteiger partial charge in [0.15, 0.2) is 0 Å². The third-order valence-electron chi connectivity index (χ3n) is 4.83. The largest absolute Gasteiger partial charge is 0.469 e. The van der Waals surface area contributed by atoms with Crippen LogP contribution < -0.4 is 0 Å². The molecule has 2 nitrogen and oxygen atoms in total. The highest BCUT2D eigenvalue weighted by atomic mass is 16.3. The molecule has 2 rings (SSSR count). The minimum Gasteiger partial charge on any atom is -0.469 e. The smallest absolute Gasteiger partial charge is 0.137 e. The van der Waals surface area contributed by atoms with Crippen molar-refractivity contribution in [2.24, 2.45) is 0 Å². The van der Waals surface area contributed by atoms with Crippen LogP contribution >= 0.6 is 0 Å². The molecule has 0 fully saturated rings. The van der Waals surface area contributed by atoms with Gasteiger partial charge in [-0.05, 0) is 18.9 Å². The van der Waals surface area contributed by atoms with Crippen LogP contribution in [-0.2, 0) is 17.6 Å². The molecule has 1 heterocycles. The Bertz CT molecular complexity index is 419. The van der Waals surface area contributed by atoms with Crippen LogP contribution in [0, 0.1) is 0 Å². The van der Waals surface area contributed by atoms with Gasteiger partial charge in [-0.3, -0.25) is 4.79 Å². The van der Waals surface area contributed by atoms with E-state index < -0.39 is 0 Å². The summed E-state index contributed by atoms with van der Waals surface area (Å²) in [4.78, 5) is 12.1. The molecule has 1 aliphatic rings. The van der Waals surface area contributed by atoms with Gasteiger partial charge >= 0.3 is 0 Å². The molecule has 0 bridgehead atoms. The molecule has 22 heavy (non-hydrogen) atoms. The van der Waals surface area contributed by atoms with Crippen LogP contribution in [0.15, 0.2) is 16.7 Å². The van der Waals surface area contributed by atoms with Crippen molar-refractivity contribution in [2.75, 3.05) is 0 Å². The summed E-state index contributed by atoms with van der Waals surface area (Å²) in [5.74, 6) is 1.43. The van der Waals surface area contributed by atoms with E-state index in [4.69, 9.17) is 4.42 Å². The summed E-state index contributed by atoms with van der Waals surface area (Å²) in [5, 5.41) is 0. The fourth-order valence-corrected chi connectivity index (χ4v) is 3.42. The molecule has 0 aliphatic heterocycles. The number of hydrogen-bond donors (Lipinski definition) is 0. The first-order chi connectivity index (χ1) is 10.9. The van der Waals surface area contributed by atoms with Crippen molar-refractivity contribution in [3.8, 4) is 0 Å². The first-order valence-corrected chi connectivity index (χ1v) is 9.43. The van der Waals surface area contributed by atoms with E-state index in [0.29, 0.717) is 12.2 Å². The minimum absolute atomic E-state index is 0.378. The molecule has 0 radical (unpaired) electrons. The molecule has 2 heteroatoms. The fourth-order valence-electron chi connectivity index (χ4n) is 3.42. The number of Topliss-reactive ketones (excluding diaryl/α,β-unsaturated/α-hetero) is 1. The standard InChI is InChI=1S/C20H32O2/c21-19-13-11-9-7-5-3-1-2-4-6-8-10-12-14-20-18(17-19)15-16-22-20/h15-16H,1-14,17H2. The van der Waals surface area contributed by atoms with Gasteiger partial charge in [-0.15, -0.1) is 0 Å². The van der Waals surface area contributed by atoms with E-state index in [1.165, 1.54) is 70.6 Å². The first kappa shape index (κ1) is 17.3. The number of aryl methyl sites for hydroxylation is 1. The summed E-state index contributed by atoms with van der Waals surface area (Å²) in [5.41, 5.74) is 1.13. The molecule has 0 aromatic carbocycles. The van der Waals surface area contributed by atoms with Gasteiger partial charge in [0.2, 0.25) is 0 Å². The molecule has 1 aromatic heterocycles. The molecule has 0 unspecified atom stereocenters. The lowest BCUT2D eigenvalue weighted by Gasteiger charge is -2.06. The van der Waals surface area contributed by atoms with E-state index in [1.807, 2.05) is 6.07 Å². The van der Waals surface area contributed by atoms with E-state index in [2.05, 4.69) is 0 Å². The van der Waals surface area contributed by atoms with E-state index in [0.717, 1.165) is 30.6 Å². The van der Waals surface area contributed by atoms with Crippen molar-refractivity contribution in [1.82, 2.24) is 0 Å². The molecule has 0 N–H and O–H groups in total. The summed E-state index contributed by atoms with van der Waals surface area (Å²) in [6, 6.07) is 1.99. The lowest BCUT2D eigenvalue weighted by atomic mass is 10.00. The highest BCUT2D eigenvalue weighted by Crippen LogP contribution is 2.18. The summed E-state index contributed by atoms with van der Waals surface area (Å²) >= 11 is 0. The second-order valence-electron chi connectivity index (χ2n) is 6.83. The van der Waals surface area contributed by atoms with Gasteiger partial charge in [0.1, 0.15) is 11.5 Å². The Morgan fingerprint density at radius 2 is 1.18 bits per heavy atom. The van der Waals surface area contributed by atoms with E-state index in [9.17, 15) is 4.79 Å². The maximum Gasteiger partial charge on any atom is 0.137 e. The molecule has 124 valence electrons. The van der Waals surface area contributed by atoms with Crippen molar-refractivity contribution < 1.29 is 9.21 Å².